The van der Waals surface area contributed by atoms with E-state index in [2.05, 4.69) is 22.5 Å². The highest BCUT2D eigenvalue weighted by Crippen LogP contribution is 2.14. The van der Waals surface area contributed by atoms with E-state index in [-0.39, 0.29) is 12.5 Å². The number of benzene rings is 1. The van der Waals surface area contributed by atoms with Crippen LogP contribution in [0.5, 0.6) is 5.75 Å². The van der Waals surface area contributed by atoms with Crippen molar-refractivity contribution >= 4 is 11.9 Å². The maximum atomic E-state index is 11.6. The fourth-order valence-electron chi connectivity index (χ4n) is 1.90. The molecule has 0 aliphatic rings. The van der Waals surface area contributed by atoms with Gasteiger partial charge in [0.1, 0.15) is 5.75 Å². The van der Waals surface area contributed by atoms with Crippen LogP contribution in [0, 0.1) is 0 Å². The quantitative estimate of drug-likeness (QED) is 0.412. The highest BCUT2D eigenvalue weighted by molar-refractivity contribution is 5.79. The Hall–Kier alpha value is -2.24. The average Bonchev–Trinajstić information content (AvgIpc) is 2.58. The fourth-order valence-corrected chi connectivity index (χ4v) is 1.90. The maximum absolute atomic E-state index is 11.6. The van der Waals surface area contributed by atoms with Gasteiger partial charge in [0.2, 0.25) is 0 Å². The lowest BCUT2D eigenvalue weighted by molar-refractivity contribution is -0.130. The van der Waals surface area contributed by atoms with Crippen LogP contribution in [0.1, 0.15) is 32.3 Å². The summed E-state index contributed by atoms with van der Waals surface area (Å²) < 4.78 is 5.53. The minimum absolute atomic E-state index is 0.0426. The highest BCUT2D eigenvalue weighted by Gasteiger charge is 2.05. The maximum Gasteiger partial charge on any atom is 0.259 e. The van der Waals surface area contributed by atoms with Gasteiger partial charge in [-0.15, -0.1) is 0 Å². The Morgan fingerprint density at radius 2 is 2.04 bits per heavy atom. The normalized spacial score (nSPS) is 11.1. The van der Waals surface area contributed by atoms with Crippen molar-refractivity contribution in [2.45, 2.75) is 33.2 Å². The molecule has 1 aromatic rings. The molecule has 134 valence electrons. The fraction of sp³-hybridized carbons (Fsp3) is 0.556. The van der Waals surface area contributed by atoms with Gasteiger partial charge >= 0.3 is 0 Å². The van der Waals surface area contributed by atoms with Crippen molar-refractivity contribution in [1.82, 2.24) is 15.5 Å². The molecule has 0 aliphatic carbocycles. The number of carbonyl (C=O) groups excluding carboxylic acids is 1. The largest absolute Gasteiger partial charge is 0.484 e. The topological polar surface area (TPSA) is 66.0 Å². The van der Waals surface area contributed by atoms with Crippen molar-refractivity contribution in [3.63, 3.8) is 0 Å². The van der Waals surface area contributed by atoms with Crippen molar-refractivity contribution in [1.29, 1.82) is 0 Å². The lowest BCUT2D eigenvalue weighted by Gasteiger charge is -2.12. The van der Waals surface area contributed by atoms with Crippen LogP contribution in [0.25, 0.3) is 0 Å². The molecule has 0 aliphatic heterocycles. The number of rotatable bonds is 9. The van der Waals surface area contributed by atoms with E-state index < -0.39 is 0 Å². The molecule has 2 N–H and O–H groups in total. The Labute approximate surface area is 145 Å². The molecule has 0 saturated heterocycles. The number of carbonyl (C=O) groups is 1. The molecule has 0 unspecified atom stereocenters. The summed E-state index contributed by atoms with van der Waals surface area (Å²) in [5, 5.41) is 6.55. The number of amides is 1. The first-order valence-electron chi connectivity index (χ1n) is 8.50. The van der Waals surface area contributed by atoms with Gasteiger partial charge in [-0.1, -0.05) is 25.5 Å². The molecule has 1 amide bonds. The number of nitrogens with one attached hydrogen (secondary N) is 2. The molecule has 0 fully saturated rings. The number of ether oxygens (including phenoxy) is 1. The van der Waals surface area contributed by atoms with Gasteiger partial charge in [0, 0.05) is 27.2 Å². The van der Waals surface area contributed by atoms with Gasteiger partial charge in [-0.25, -0.2) is 4.99 Å². The van der Waals surface area contributed by atoms with Crippen LogP contribution in [0.3, 0.4) is 0 Å². The van der Waals surface area contributed by atoms with Crippen molar-refractivity contribution in [3.05, 3.63) is 29.8 Å². The van der Waals surface area contributed by atoms with Crippen molar-refractivity contribution in [2.75, 3.05) is 33.8 Å². The van der Waals surface area contributed by atoms with E-state index in [1.54, 1.807) is 14.1 Å². The monoisotopic (exact) mass is 334 g/mol. The molecule has 24 heavy (non-hydrogen) atoms. The van der Waals surface area contributed by atoms with Crippen LogP contribution in [0.15, 0.2) is 29.3 Å². The van der Waals surface area contributed by atoms with Gasteiger partial charge in [0.15, 0.2) is 12.6 Å². The van der Waals surface area contributed by atoms with E-state index >= 15 is 0 Å². The number of likely N-dealkylation sites (N-methyl/N-ethyl adjacent to an activating group) is 1. The van der Waals surface area contributed by atoms with Crippen molar-refractivity contribution in [2.24, 2.45) is 4.99 Å². The first-order valence-corrected chi connectivity index (χ1v) is 8.50. The van der Waals surface area contributed by atoms with E-state index in [4.69, 9.17) is 4.74 Å². The molecule has 0 spiro atoms. The van der Waals surface area contributed by atoms with Gasteiger partial charge in [-0.05, 0) is 31.0 Å². The van der Waals surface area contributed by atoms with Gasteiger partial charge in [-0.2, -0.15) is 0 Å². The molecule has 6 heteroatoms. The predicted molar refractivity (Wildman–Crippen MR) is 98.4 cm³/mol. The third kappa shape index (κ3) is 7.85. The summed E-state index contributed by atoms with van der Waals surface area (Å²) in [5.74, 6) is 1.44. The van der Waals surface area contributed by atoms with E-state index in [0.29, 0.717) is 12.3 Å². The van der Waals surface area contributed by atoms with E-state index in [9.17, 15) is 4.79 Å². The van der Waals surface area contributed by atoms with Crippen LogP contribution < -0.4 is 15.4 Å². The van der Waals surface area contributed by atoms with Gasteiger partial charge < -0.3 is 20.3 Å². The number of aliphatic imine (C=N–C) groups is 1. The number of guanidine groups is 1. The number of hydrogen-bond donors (Lipinski definition) is 2. The zero-order chi connectivity index (χ0) is 17.8. The molecular formula is C18H30N4O2. The third-order valence-electron chi connectivity index (χ3n) is 3.35. The van der Waals surface area contributed by atoms with Crippen LogP contribution in [-0.4, -0.2) is 50.6 Å². The van der Waals surface area contributed by atoms with E-state index in [1.807, 2.05) is 31.2 Å². The first kappa shape index (κ1) is 19.8. The zero-order valence-electron chi connectivity index (χ0n) is 15.3. The second kappa shape index (κ2) is 11.3. The van der Waals surface area contributed by atoms with E-state index in [0.717, 1.165) is 37.5 Å². The van der Waals surface area contributed by atoms with Gasteiger partial charge in [0.25, 0.3) is 5.91 Å². The summed E-state index contributed by atoms with van der Waals surface area (Å²) >= 11 is 0. The average molecular weight is 334 g/mol. The summed E-state index contributed by atoms with van der Waals surface area (Å²) in [6.07, 6.45) is 2.27. The lowest BCUT2D eigenvalue weighted by atomic mass is 10.2. The molecule has 0 heterocycles. The molecular weight excluding hydrogens is 304 g/mol. The van der Waals surface area contributed by atoms with Crippen molar-refractivity contribution < 1.29 is 9.53 Å². The van der Waals surface area contributed by atoms with Crippen molar-refractivity contribution in [3.8, 4) is 5.75 Å². The molecule has 1 rings (SSSR count). The Bertz CT molecular complexity index is 530. The van der Waals surface area contributed by atoms with Gasteiger partial charge in [-0.3, -0.25) is 4.79 Å². The summed E-state index contributed by atoms with van der Waals surface area (Å²) in [5.41, 5.74) is 1.04. The third-order valence-corrected chi connectivity index (χ3v) is 3.35. The van der Waals surface area contributed by atoms with Crippen LogP contribution in [-0.2, 0) is 11.3 Å². The molecule has 6 nitrogen and oxygen atoms in total. The number of hydrogen-bond acceptors (Lipinski definition) is 3. The highest BCUT2D eigenvalue weighted by atomic mass is 16.5. The van der Waals surface area contributed by atoms with Crippen LogP contribution in [0.4, 0.5) is 0 Å². The zero-order valence-corrected chi connectivity index (χ0v) is 15.3. The molecule has 0 radical (unpaired) electrons. The molecule has 0 saturated carbocycles. The standard InChI is InChI=1S/C18H30N4O2/c1-5-7-11-20-18(19-6-2)21-13-15-9-8-10-16(12-15)24-14-17(23)22(3)4/h8-10,12H,5-7,11,13-14H2,1-4H3,(H2,19,20,21). The predicted octanol–water partition coefficient (Wildman–Crippen LogP) is 2.01. The molecule has 1 aromatic carbocycles. The second-order valence-corrected chi connectivity index (χ2v) is 5.70. The van der Waals surface area contributed by atoms with Crippen LogP contribution in [0.2, 0.25) is 0 Å². The van der Waals surface area contributed by atoms with Crippen LogP contribution >= 0.6 is 0 Å². The summed E-state index contributed by atoms with van der Waals surface area (Å²) in [4.78, 5) is 17.7. The minimum Gasteiger partial charge on any atom is -0.484 e. The number of unbranched alkanes of at least 4 members (excludes halogenated alkanes) is 1. The lowest BCUT2D eigenvalue weighted by Crippen LogP contribution is -2.37. The summed E-state index contributed by atoms with van der Waals surface area (Å²) in [6, 6.07) is 7.68. The molecule has 0 bridgehead atoms. The Morgan fingerprint density at radius 1 is 1.25 bits per heavy atom. The summed E-state index contributed by atoms with van der Waals surface area (Å²) in [7, 11) is 3.43. The smallest absolute Gasteiger partial charge is 0.259 e. The second-order valence-electron chi connectivity index (χ2n) is 5.70. The Kier molecular flexibility index (Phi) is 9.34. The Balaban J connectivity index is 2.60. The van der Waals surface area contributed by atoms with Gasteiger partial charge in [0.05, 0.1) is 6.54 Å². The summed E-state index contributed by atoms with van der Waals surface area (Å²) in [6.45, 7) is 6.55. The minimum atomic E-state index is -0.0621. The van der Waals surface area contributed by atoms with E-state index in [1.165, 1.54) is 4.90 Å². The number of nitrogens with zero attached hydrogens (tertiary/aromatic N) is 2. The molecule has 0 aromatic heterocycles. The first-order chi connectivity index (χ1) is 11.6. The Morgan fingerprint density at radius 3 is 2.71 bits per heavy atom. The SMILES string of the molecule is CCCCNC(=NCc1cccc(OCC(=O)N(C)C)c1)NCC. The molecule has 0 atom stereocenters.